The van der Waals surface area contributed by atoms with Crippen LogP contribution in [0.1, 0.15) is 34.5 Å². The van der Waals surface area contributed by atoms with Gasteiger partial charge in [0.05, 0.1) is 0 Å². The number of hydrogen-bond acceptors (Lipinski definition) is 6. The Balaban J connectivity index is 1.22. The van der Waals surface area contributed by atoms with E-state index in [2.05, 4.69) is 10.3 Å². The number of carbonyl (C=O) groups excluding carboxylic acids is 1. The molecule has 34 heavy (non-hydrogen) atoms. The molecule has 0 spiro atoms. The molecule has 0 saturated heterocycles. The molecule has 1 unspecified atom stereocenters. The summed E-state index contributed by atoms with van der Waals surface area (Å²) >= 11 is 0. The van der Waals surface area contributed by atoms with Gasteiger partial charge in [-0.1, -0.05) is 18.2 Å². The number of nitrogens with two attached hydrogens (primary N) is 1. The molecule has 0 radical (unpaired) electrons. The van der Waals surface area contributed by atoms with E-state index in [4.69, 9.17) is 20.3 Å². The predicted octanol–water partition coefficient (Wildman–Crippen LogP) is 2.01. The molecular weight excluding hydrogens is 438 g/mol. The number of ether oxygens (including phenoxy) is 2. The molecule has 0 fully saturated rings. The topological polar surface area (TPSA) is 147 Å². The van der Waals surface area contributed by atoms with Crippen molar-refractivity contribution in [2.45, 2.75) is 37.9 Å². The van der Waals surface area contributed by atoms with Gasteiger partial charge in [-0.3, -0.25) is 9.59 Å². The van der Waals surface area contributed by atoms with Crippen molar-refractivity contribution in [1.29, 1.82) is 0 Å². The van der Waals surface area contributed by atoms with Gasteiger partial charge in [0.1, 0.15) is 36.0 Å². The van der Waals surface area contributed by atoms with Gasteiger partial charge < -0.3 is 35.7 Å². The molecular formula is C25H29N3O6. The van der Waals surface area contributed by atoms with Crippen LogP contribution < -0.4 is 20.5 Å². The van der Waals surface area contributed by atoms with Crippen molar-refractivity contribution in [2.75, 3.05) is 19.7 Å². The number of aliphatic hydroxyl groups is 1. The van der Waals surface area contributed by atoms with Gasteiger partial charge in [0.25, 0.3) is 5.91 Å². The van der Waals surface area contributed by atoms with Crippen LogP contribution >= 0.6 is 0 Å². The molecule has 2 atom stereocenters. The lowest BCUT2D eigenvalue weighted by atomic mass is 9.98. The Morgan fingerprint density at radius 1 is 1.26 bits per heavy atom. The number of aryl methyl sites for hydroxylation is 2. The van der Waals surface area contributed by atoms with Gasteiger partial charge in [-0.15, -0.1) is 0 Å². The first-order chi connectivity index (χ1) is 16.4. The molecule has 4 rings (SSSR count). The summed E-state index contributed by atoms with van der Waals surface area (Å²) in [5.74, 6) is 0.0511. The van der Waals surface area contributed by atoms with E-state index in [-0.39, 0.29) is 19.1 Å². The summed E-state index contributed by atoms with van der Waals surface area (Å²) in [6, 6.07) is 12.9. The Bertz CT molecular complexity index is 1170. The van der Waals surface area contributed by atoms with Crippen LogP contribution in [-0.2, 0) is 17.6 Å². The number of amides is 1. The molecule has 1 aliphatic rings. The minimum Gasteiger partial charge on any atom is -0.490 e. The number of benzene rings is 2. The standard InChI is InChI=1S/C25H29N3O6/c26-25(32)21-11-19-20(28-21)2-1-3-23(19)33-14-17(29)12-27-13-18-7-6-16-10-15(5-9-24(30)31)4-8-22(16)34-18/h1-4,8,10-11,17-18,27-29H,5-7,9,12-14H2,(H2,26,32)(H,30,31)/t17?,18-/m1/s1. The molecule has 6 N–H and O–H groups in total. The van der Waals surface area contributed by atoms with Crippen LogP contribution in [0, 0.1) is 0 Å². The highest BCUT2D eigenvalue weighted by atomic mass is 16.5. The van der Waals surface area contributed by atoms with Gasteiger partial charge in [-0.2, -0.15) is 0 Å². The molecule has 0 bridgehead atoms. The van der Waals surface area contributed by atoms with Crippen molar-refractivity contribution >= 4 is 22.8 Å². The maximum absolute atomic E-state index is 11.4. The quantitative estimate of drug-likeness (QED) is 0.290. The molecule has 3 aromatic rings. The Hall–Kier alpha value is -3.56. The highest BCUT2D eigenvalue weighted by Gasteiger charge is 2.20. The van der Waals surface area contributed by atoms with E-state index in [0.29, 0.717) is 31.0 Å². The van der Waals surface area contributed by atoms with E-state index in [0.717, 1.165) is 40.6 Å². The third-order valence-electron chi connectivity index (χ3n) is 5.85. The number of carboxylic acid groups (broad SMARTS) is 1. The van der Waals surface area contributed by atoms with Crippen LogP contribution in [0.25, 0.3) is 10.9 Å². The van der Waals surface area contributed by atoms with Crippen molar-refractivity contribution in [3.8, 4) is 11.5 Å². The fraction of sp³-hybridized carbons (Fsp3) is 0.360. The predicted molar refractivity (Wildman–Crippen MR) is 126 cm³/mol. The summed E-state index contributed by atoms with van der Waals surface area (Å²) < 4.78 is 11.8. The number of aromatic nitrogens is 1. The van der Waals surface area contributed by atoms with Crippen LogP contribution in [0.5, 0.6) is 11.5 Å². The van der Waals surface area contributed by atoms with E-state index in [1.807, 2.05) is 24.3 Å². The van der Waals surface area contributed by atoms with E-state index < -0.39 is 18.0 Å². The number of fused-ring (bicyclic) bond motifs is 2. The summed E-state index contributed by atoms with van der Waals surface area (Å²) in [6.07, 6.45) is 1.60. The third kappa shape index (κ3) is 5.86. The average molecular weight is 468 g/mol. The molecule has 9 nitrogen and oxygen atoms in total. The van der Waals surface area contributed by atoms with E-state index in [9.17, 15) is 14.7 Å². The maximum Gasteiger partial charge on any atom is 0.303 e. The highest BCUT2D eigenvalue weighted by Crippen LogP contribution is 2.29. The molecule has 1 aromatic heterocycles. The summed E-state index contributed by atoms with van der Waals surface area (Å²) in [6.45, 7) is 1.03. The van der Waals surface area contributed by atoms with Crippen LogP contribution in [0.4, 0.5) is 0 Å². The van der Waals surface area contributed by atoms with Crippen LogP contribution in [0.3, 0.4) is 0 Å². The summed E-state index contributed by atoms with van der Waals surface area (Å²) in [4.78, 5) is 25.1. The molecule has 0 aliphatic carbocycles. The first kappa shape index (κ1) is 23.6. The van der Waals surface area contributed by atoms with Gasteiger partial charge in [-0.05, 0) is 54.7 Å². The number of carboxylic acids is 1. The zero-order valence-electron chi connectivity index (χ0n) is 18.8. The Labute approximate surface area is 196 Å². The fourth-order valence-corrected chi connectivity index (χ4v) is 4.09. The number of carbonyl (C=O) groups is 2. The van der Waals surface area contributed by atoms with E-state index >= 15 is 0 Å². The molecule has 9 heteroatoms. The van der Waals surface area contributed by atoms with Crippen LogP contribution in [0.2, 0.25) is 0 Å². The van der Waals surface area contributed by atoms with Gasteiger partial charge in [0, 0.05) is 30.4 Å². The van der Waals surface area contributed by atoms with Gasteiger partial charge in [-0.25, -0.2) is 0 Å². The largest absolute Gasteiger partial charge is 0.490 e. The maximum atomic E-state index is 11.4. The van der Waals surface area contributed by atoms with Gasteiger partial charge in [0.2, 0.25) is 0 Å². The van der Waals surface area contributed by atoms with Crippen LogP contribution in [0.15, 0.2) is 42.5 Å². The van der Waals surface area contributed by atoms with Gasteiger partial charge >= 0.3 is 5.97 Å². The second-order valence-electron chi connectivity index (χ2n) is 8.50. The van der Waals surface area contributed by atoms with Crippen molar-refractivity contribution in [2.24, 2.45) is 5.73 Å². The molecule has 1 amide bonds. The zero-order chi connectivity index (χ0) is 24.1. The lowest BCUT2D eigenvalue weighted by molar-refractivity contribution is -0.136. The van der Waals surface area contributed by atoms with Crippen molar-refractivity contribution < 1.29 is 29.3 Å². The summed E-state index contributed by atoms with van der Waals surface area (Å²) in [5, 5.41) is 23.1. The highest BCUT2D eigenvalue weighted by molar-refractivity contribution is 5.98. The summed E-state index contributed by atoms with van der Waals surface area (Å²) in [7, 11) is 0. The number of aliphatic hydroxyl groups excluding tert-OH is 1. The number of primary amides is 1. The monoisotopic (exact) mass is 467 g/mol. The normalized spacial score (nSPS) is 16.0. The Morgan fingerprint density at radius 2 is 2.12 bits per heavy atom. The van der Waals surface area contributed by atoms with E-state index in [1.54, 1.807) is 18.2 Å². The first-order valence-electron chi connectivity index (χ1n) is 11.3. The molecule has 2 aromatic carbocycles. The number of nitrogens with one attached hydrogen (secondary N) is 2. The molecule has 180 valence electrons. The van der Waals surface area contributed by atoms with E-state index in [1.165, 1.54) is 0 Å². The lowest BCUT2D eigenvalue weighted by Crippen LogP contribution is -2.39. The number of rotatable bonds is 11. The first-order valence-corrected chi connectivity index (χ1v) is 11.3. The van der Waals surface area contributed by atoms with Crippen molar-refractivity contribution in [1.82, 2.24) is 10.3 Å². The SMILES string of the molecule is NC(=O)c1cc2c(OCC(O)CNC[C@H]3CCc4cc(CCC(=O)O)ccc4O3)cccc2[nH]1. The number of hydrogen-bond donors (Lipinski definition) is 5. The minimum atomic E-state index is -0.800. The lowest BCUT2D eigenvalue weighted by Gasteiger charge is -2.27. The van der Waals surface area contributed by atoms with Crippen molar-refractivity contribution in [3.63, 3.8) is 0 Å². The second kappa shape index (κ2) is 10.6. The minimum absolute atomic E-state index is 0.00804. The average Bonchev–Trinajstić information content (AvgIpc) is 3.27. The van der Waals surface area contributed by atoms with Gasteiger partial charge in [0.15, 0.2) is 0 Å². The van der Waals surface area contributed by atoms with Crippen molar-refractivity contribution in [3.05, 3.63) is 59.3 Å². The smallest absolute Gasteiger partial charge is 0.303 e. The summed E-state index contributed by atoms with van der Waals surface area (Å²) in [5.41, 5.74) is 8.48. The number of aliphatic carboxylic acids is 1. The molecule has 0 saturated carbocycles. The Kier molecular flexibility index (Phi) is 7.34. The third-order valence-corrected chi connectivity index (χ3v) is 5.85. The Morgan fingerprint density at radius 3 is 2.91 bits per heavy atom. The second-order valence-corrected chi connectivity index (χ2v) is 8.50. The molecule has 2 heterocycles. The molecule has 1 aliphatic heterocycles. The van der Waals surface area contributed by atoms with Crippen LogP contribution in [-0.4, -0.2) is 59.0 Å². The fourth-order valence-electron chi connectivity index (χ4n) is 4.09. The number of aromatic amines is 1. The zero-order valence-corrected chi connectivity index (χ0v) is 18.8. The number of H-pyrrole nitrogens is 1.